The Balaban J connectivity index is 2.31. The Labute approximate surface area is 111 Å². The van der Waals surface area contributed by atoms with Crippen molar-refractivity contribution < 1.29 is 0 Å². The van der Waals surface area contributed by atoms with Crippen molar-refractivity contribution in [2.24, 2.45) is 0 Å². The van der Waals surface area contributed by atoms with E-state index >= 15 is 0 Å². The van der Waals surface area contributed by atoms with Crippen LogP contribution in [-0.4, -0.2) is 9.55 Å². The molecule has 3 heteroatoms. The van der Waals surface area contributed by atoms with E-state index in [1.807, 2.05) is 0 Å². The summed E-state index contributed by atoms with van der Waals surface area (Å²) in [4.78, 5) is 4.88. The second-order valence-electron chi connectivity index (χ2n) is 5.83. The summed E-state index contributed by atoms with van der Waals surface area (Å²) < 4.78 is 2.20. The van der Waals surface area contributed by atoms with E-state index in [4.69, 9.17) is 10.7 Å². The van der Waals surface area contributed by atoms with Crippen molar-refractivity contribution in [3.05, 3.63) is 11.5 Å². The molecule has 1 aromatic heterocycles. The molecule has 0 aliphatic heterocycles. The third-order valence-electron chi connectivity index (χ3n) is 4.14. The van der Waals surface area contributed by atoms with Gasteiger partial charge >= 0.3 is 0 Å². The quantitative estimate of drug-likeness (QED) is 0.821. The number of rotatable bonds is 3. The smallest absolute Gasteiger partial charge is 0.127 e. The topological polar surface area (TPSA) is 43.8 Å². The van der Waals surface area contributed by atoms with Crippen LogP contribution in [-0.2, 0) is 6.54 Å². The molecule has 1 aromatic rings. The normalized spacial score (nSPS) is 18.2. The zero-order valence-electron chi connectivity index (χ0n) is 12.1. The lowest BCUT2D eigenvalue weighted by Gasteiger charge is -2.12. The van der Waals surface area contributed by atoms with E-state index in [0.29, 0.717) is 11.8 Å². The van der Waals surface area contributed by atoms with E-state index in [0.717, 1.165) is 18.2 Å². The monoisotopic (exact) mass is 249 g/mol. The molecule has 0 radical (unpaired) electrons. The van der Waals surface area contributed by atoms with Crippen LogP contribution >= 0.6 is 0 Å². The number of nitrogen functional groups attached to an aromatic ring is 1. The predicted molar refractivity (Wildman–Crippen MR) is 76.8 cm³/mol. The maximum atomic E-state index is 6.33. The molecule has 1 saturated carbocycles. The van der Waals surface area contributed by atoms with Gasteiger partial charge in [-0.25, -0.2) is 4.98 Å². The summed E-state index contributed by atoms with van der Waals surface area (Å²) >= 11 is 0. The number of hydrogen-bond acceptors (Lipinski definition) is 2. The average molecular weight is 249 g/mol. The minimum Gasteiger partial charge on any atom is -0.384 e. The van der Waals surface area contributed by atoms with Crippen molar-refractivity contribution in [3.8, 4) is 0 Å². The lowest BCUT2D eigenvalue weighted by Crippen LogP contribution is -2.07. The third-order valence-corrected chi connectivity index (χ3v) is 4.14. The highest BCUT2D eigenvalue weighted by atomic mass is 15.1. The molecule has 0 atom stereocenters. The fraction of sp³-hybridized carbons (Fsp3) is 0.800. The second kappa shape index (κ2) is 5.77. The van der Waals surface area contributed by atoms with Gasteiger partial charge in [-0.3, -0.25) is 0 Å². The molecule has 1 aliphatic rings. The SMILES string of the molecule is CCn1c(C(C)C)nc(C2CCCCCC2)c1N. The maximum Gasteiger partial charge on any atom is 0.127 e. The van der Waals surface area contributed by atoms with Crippen LogP contribution in [0.3, 0.4) is 0 Å². The molecule has 1 fully saturated rings. The minimum atomic E-state index is 0.451. The van der Waals surface area contributed by atoms with Crippen LogP contribution in [0.4, 0.5) is 5.82 Å². The predicted octanol–water partition coefficient (Wildman–Crippen LogP) is 4.05. The van der Waals surface area contributed by atoms with Crippen LogP contribution in [0.25, 0.3) is 0 Å². The lowest BCUT2D eigenvalue weighted by atomic mass is 9.96. The number of nitrogens with two attached hydrogens (primary N) is 1. The zero-order valence-corrected chi connectivity index (χ0v) is 12.1. The first-order valence-electron chi connectivity index (χ1n) is 7.50. The van der Waals surface area contributed by atoms with Crippen LogP contribution in [0.5, 0.6) is 0 Å². The summed E-state index contributed by atoms with van der Waals surface area (Å²) in [6.45, 7) is 7.48. The van der Waals surface area contributed by atoms with Gasteiger partial charge in [0.05, 0.1) is 5.69 Å². The molecule has 2 N–H and O–H groups in total. The Bertz CT molecular complexity index is 385. The highest BCUT2D eigenvalue weighted by Crippen LogP contribution is 2.35. The fourth-order valence-corrected chi connectivity index (χ4v) is 3.13. The first kappa shape index (κ1) is 13.4. The van der Waals surface area contributed by atoms with Gasteiger partial charge in [-0.15, -0.1) is 0 Å². The Morgan fingerprint density at radius 1 is 1.22 bits per heavy atom. The van der Waals surface area contributed by atoms with E-state index in [1.54, 1.807) is 0 Å². The standard InChI is InChI=1S/C15H27N3/c1-4-18-14(16)13(17-15(18)11(2)3)12-9-7-5-6-8-10-12/h11-12H,4-10,16H2,1-3H3. The largest absolute Gasteiger partial charge is 0.384 e. The number of hydrogen-bond donors (Lipinski definition) is 1. The molecule has 1 heterocycles. The van der Waals surface area contributed by atoms with E-state index in [9.17, 15) is 0 Å². The number of aromatic nitrogens is 2. The number of anilines is 1. The molecule has 1 aliphatic carbocycles. The summed E-state index contributed by atoms with van der Waals surface area (Å²) in [6, 6.07) is 0. The van der Waals surface area contributed by atoms with E-state index in [-0.39, 0.29) is 0 Å². The molecule has 0 amide bonds. The third kappa shape index (κ3) is 2.55. The molecular formula is C15H27N3. The Morgan fingerprint density at radius 3 is 2.28 bits per heavy atom. The summed E-state index contributed by atoms with van der Waals surface area (Å²) in [7, 11) is 0. The van der Waals surface area contributed by atoms with E-state index in [1.165, 1.54) is 44.2 Å². The number of nitrogens with zero attached hydrogens (tertiary/aromatic N) is 2. The maximum absolute atomic E-state index is 6.33. The average Bonchev–Trinajstić information content (AvgIpc) is 2.55. The van der Waals surface area contributed by atoms with Crippen molar-refractivity contribution in [1.82, 2.24) is 9.55 Å². The van der Waals surface area contributed by atoms with E-state index in [2.05, 4.69) is 25.3 Å². The van der Waals surface area contributed by atoms with Crippen molar-refractivity contribution in [3.63, 3.8) is 0 Å². The molecule has 0 spiro atoms. The first-order chi connectivity index (χ1) is 8.65. The zero-order chi connectivity index (χ0) is 13.1. The molecule has 0 unspecified atom stereocenters. The first-order valence-corrected chi connectivity index (χ1v) is 7.50. The van der Waals surface area contributed by atoms with Gasteiger partial charge < -0.3 is 10.3 Å². The lowest BCUT2D eigenvalue weighted by molar-refractivity contribution is 0.579. The van der Waals surface area contributed by atoms with Gasteiger partial charge in [0.15, 0.2) is 0 Å². The van der Waals surface area contributed by atoms with Crippen LogP contribution in [0, 0.1) is 0 Å². The number of imidazole rings is 1. The second-order valence-corrected chi connectivity index (χ2v) is 5.83. The highest BCUT2D eigenvalue weighted by Gasteiger charge is 2.23. The summed E-state index contributed by atoms with van der Waals surface area (Å²) in [5, 5.41) is 0. The molecule has 0 aromatic carbocycles. The molecule has 102 valence electrons. The minimum absolute atomic E-state index is 0.451. The van der Waals surface area contributed by atoms with Gasteiger partial charge in [0.1, 0.15) is 11.6 Å². The highest BCUT2D eigenvalue weighted by molar-refractivity contribution is 5.41. The van der Waals surface area contributed by atoms with Crippen LogP contribution in [0.15, 0.2) is 0 Å². The Morgan fingerprint density at radius 2 is 1.83 bits per heavy atom. The van der Waals surface area contributed by atoms with Crippen LogP contribution < -0.4 is 5.73 Å². The molecular weight excluding hydrogens is 222 g/mol. The molecule has 18 heavy (non-hydrogen) atoms. The Hall–Kier alpha value is -0.990. The van der Waals surface area contributed by atoms with Gasteiger partial charge in [0.25, 0.3) is 0 Å². The van der Waals surface area contributed by atoms with Crippen LogP contribution in [0.2, 0.25) is 0 Å². The van der Waals surface area contributed by atoms with Gasteiger partial charge in [-0.2, -0.15) is 0 Å². The van der Waals surface area contributed by atoms with Crippen molar-refractivity contribution in [1.29, 1.82) is 0 Å². The van der Waals surface area contributed by atoms with E-state index < -0.39 is 0 Å². The van der Waals surface area contributed by atoms with Crippen molar-refractivity contribution in [2.45, 2.75) is 77.7 Å². The summed E-state index contributed by atoms with van der Waals surface area (Å²) in [5.41, 5.74) is 7.52. The van der Waals surface area contributed by atoms with Crippen LogP contribution in [0.1, 0.15) is 82.7 Å². The van der Waals surface area contributed by atoms with Gasteiger partial charge in [0.2, 0.25) is 0 Å². The van der Waals surface area contributed by atoms with Gasteiger partial charge in [-0.05, 0) is 19.8 Å². The van der Waals surface area contributed by atoms with Crippen molar-refractivity contribution >= 4 is 5.82 Å². The fourth-order valence-electron chi connectivity index (χ4n) is 3.13. The molecule has 0 bridgehead atoms. The molecule has 2 rings (SSSR count). The molecule has 3 nitrogen and oxygen atoms in total. The Kier molecular flexibility index (Phi) is 4.31. The van der Waals surface area contributed by atoms with Gasteiger partial charge in [-0.1, -0.05) is 39.5 Å². The van der Waals surface area contributed by atoms with Gasteiger partial charge in [0, 0.05) is 18.4 Å². The molecule has 0 saturated heterocycles. The summed E-state index contributed by atoms with van der Waals surface area (Å²) in [5.74, 6) is 3.13. The summed E-state index contributed by atoms with van der Waals surface area (Å²) in [6.07, 6.45) is 7.95. The van der Waals surface area contributed by atoms with Crippen molar-refractivity contribution in [2.75, 3.05) is 5.73 Å².